The van der Waals surface area contributed by atoms with Crippen LogP contribution in [0.1, 0.15) is 31.2 Å². The van der Waals surface area contributed by atoms with E-state index in [2.05, 4.69) is 4.72 Å². The Kier molecular flexibility index (Phi) is 7.77. The van der Waals surface area contributed by atoms with Crippen LogP contribution in [0.5, 0.6) is 0 Å². The maximum absolute atomic E-state index is 12.6. The number of aryl methyl sites for hydroxylation is 1. The van der Waals surface area contributed by atoms with Gasteiger partial charge in [0.25, 0.3) is 0 Å². The Balaban J connectivity index is 2.01. The molecule has 0 aromatic heterocycles. The first-order valence-corrected chi connectivity index (χ1v) is 12.3. The second-order valence-corrected chi connectivity index (χ2v) is 11.4. The normalized spacial score (nSPS) is 21.7. The fraction of sp³-hybridized carbons (Fsp3) is 0.647. The number of hydrogen-bond acceptors (Lipinski definition) is 6. The Morgan fingerprint density at radius 3 is 2.19 bits per heavy atom. The third kappa shape index (κ3) is 5.35. The highest BCUT2D eigenvalue weighted by atomic mass is 32.2. The molecule has 148 valence electrons. The van der Waals surface area contributed by atoms with E-state index >= 15 is 0 Å². The van der Waals surface area contributed by atoms with Crippen LogP contribution >= 0.6 is 0 Å². The molecule has 3 N–H and O–H groups in total. The summed E-state index contributed by atoms with van der Waals surface area (Å²) in [5.41, 5.74) is 7.05. The second kappa shape index (κ2) is 9.40. The van der Waals surface area contributed by atoms with Crippen LogP contribution in [0.25, 0.3) is 0 Å². The zero-order valence-corrected chi connectivity index (χ0v) is 17.6. The van der Waals surface area contributed by atoms with Gasteiger partial charge in [0.2, 0.25) is 10.0 Å². The molecule has 0 saturated heterocycles. The molecule has 1 aromatic carbocycles. The van der Waals surface area contributed by atoms with Crippen molar-refractivity contribution in [1.82, 2.24) is 4.72 Å². The summed E-state index contributed by atoms with van der Waals surface area (Å²) in [6.45, 7) is 0. The number of rotatable bonds is 9. The Bertz CT molecular complexity index is 656. The van der Waals surface area contributed by atoms with Gasteiger partial charge >= 0.3 is 8.80 Å². The number of nitrogens with one attached hydrogen (secondary N) is 1. The maximum Gasteiger partial charge on any atom is 0.500 e. The van der Waals surface area contributed by atoms with Gasteiger partial charge in [0.15, 0.2) is 0 Å². The smallest absolute Gasteiger partial charge is 0.377 e. The summed E-state index contributed by atoms with van der Waals surface area (Å²) in [6.07, 6.45) is 4.39. The molecule has 26 heavy (non-hydrogen) atoms. The average Bonchev–Trinajstić information content (AvgIpc) is 2.65. The first kappa shape index (κ1) is 21.5. The van der Waals surface area contributed by atoms with Crippen molar-refractivity contribution in [2.45, 2.75) is 55.1 Å². The van der Waals surface area contributed by atoms with E-state index in [1.54, 1.807) is 33.5 Å². The topological polar surface area (TPSA) is 99.9 Å². The fourth-order valence-electron chi connectivity index (χ4n) is 3.26. The van der Waals surface area contributed by atoms with Gasteiger partial charge in [0.1, 0.15) is 0 Å². The van der Waals surface area contributed by atoms with E-state index in [-0.39, 0.29) is 17.0 Å². The molecular formula is C17H30N2O5SSi. The number of benzene rings is 1. The highest BCUT2D eigenvalue weighted by molar-refractivity contribution is 7.89. The molecule has 0 bridgehead atoms. The molecule has 0 radical (unpaired) electrons. The molecule has 0 spiro atoms. The lowest BCUT2D eigenvalue weighted by Crippen LogP contribution is -2.49. The summed E-state index contributed by atoms with van der Waals surface area (Å²) in [7, 11) is -1.45. The molecular weight excluding hydrogens is 372 g/mol. The van der Waals surface area contributed by atoms with Gasteiger partial charge in [-0.1, -0.05) is 25.0 Å². The van der Waals surface area contributed by atoms with E-state index in [0.717, 1.165) is 31.2 Å². The largest absolute Gasteiger partial charge is 0.500 e. The van der Waals surface area contributed by atoms with E-state index in [1.165, 1.54) is 0 Å². The minimum atomic E-state index is -3.56. The van der Waals surface area contributed by atoms with E-state index < -0.39 is 18.8 Å². The molecule has 1 aromatic rings. The van der Waals surface area contributed by atoms with E-state index in [0.29, 0.717) is 12.5 Å². The lowest BCUT2D eigenvalue weighted by Gasteiger charge is -2.29. The molecule has 1 fully saturated rings. The SMILES string of the molecule is CO[Si](CCc1ccc(S(=O)(=O)NC2CCCCC2N)cc1)(OC)OC. The minimum Gasteiger partial charge on any atom is -0.377 e. The first-order chi connectivity index (χ1) is 12.4. The molecule has 9 heteroatoms. The van der Waals surface area contributed by atoms with Crippen LogP contribution in [-0.4, -0.2) is 50.6 Å². The highest BCUT2D eigenvalue weighted by Gasteiger charge is 2.37. The number of hydrogen-bond donors (Lipinski definition) is 2. The van der Waals surface area contributed by atoms with Gasteiger partial charge in [-0.25, -0.2) is 13.1 Å². The molecule has 0 aliphatic heterocycles. The second-order valence-electron chi connectivity index (χ2n) is 6.62. The Morgan fingerprint density at radius 1 is 1.08 bits per heavy atom. The van der Waals surface area contributed by atoms with Gasteiger partial charge in [-0.3, -0.25) is 0 Å². The Morgan fingerprint density at radius 2 is 1.65 bits per heavy atom. The Hall–Kier alpha value is -0.813. The minimum absolute atomic E-state index is 0.118. The maximum atomic E-state index is 12.6. The average molecular weight is 403 g/mol. The molecule has 2 rings (SSSR count). The van der Waals surface area contributed by atoms with Crippen molar-refractivity contribution in [3.8, 4) is 0 Å². The van der Waals surface area contributed by atoms with E-state index in [1.807, 2.05) is 12.1 Å². The summed E-state index contributed by atoms with van der Waals surface area (Å²) in [5, 5.41) is 0. The van der Waals surface area contributed by atoms with Gasteiger partial charge < -0.3 is 19.0 Å². The lowest BCUT2D eigenvalue weighted by molar-refractivity contribution is 0.123. The summed E-state index contributed by atoms with van der Waals surface area (Å²) in [6, 6.07) is 7.20. The van der Waals surface area contributed by atoms with Crippen molar-refractivity contribution in [2.75, 3.05) is 21.3 Å². The molecule has 1 saturated carbocycles. The molecule has 1 aliphatic carbocycles. The summed E-state index contributed by atoms with van der Waals surface area (Å²) >= 11 is 0. The van der Waals surface area contributed by atoms with Crippen LogP contribution in [0.2, 0.25) is 6.04 Å². The van der Waals surface area contributed by atoms with Gasteiger partial charge in [0.05, 0.1) is 4.90 Å². The lowest BCUT2D eigenvalue weighted by atomic mass is 9.92. The van der Waals surface area contributed by atoms with Crippen molar-refractivity contribution in [2.24, 2.45) is 5.73 Å². The zero-order valence-electron chi connectivity index (χ0n) is 15.7. The summed E-state index contributed by atoms with van der Waals surface area (Å²) in [5.74, 6) is 0. The van der Waals surface area contributed by atoms with Crippen LogP contribution in [0.3, 0.4) is 0 Å². The summed E-state index contributed by atoms with van der Waals surface area (Å²) in [4.78, 5) is 0.257. The van der Waals surface area contributed by atoms with Crippen LogP contribution in [0.15, 0.2) is 29.2 Å². The van der Waals surface area contributed by atoms with Crippen LogP contribution in [0, 0.1) is 0 Å². The third-order valence-corrected chi connectivity index (χ3v) is 9.25. The predicted molar refractivity (Wildman–Crippen MR) is 102 cm³/mol. The van der Waals surface area contributed by atoms with Gasteiger partial charge in [-0.2, -0.15) is 0 Å². The first-order valence-electron chi connectivity index (χ1n) is 8.88. The predicted octanol–water partition coefficient (Wildman–Crippen LogP) is 1.66. The fourth-order valence-corrected chi connectivity index (χ4v) is 6.29. The number of nitrogens with two attached hydrogens (primary N) is 1. The van der Waals surface area contributed by atoms with Crippen molar-refractivity contribution >= 4 is 18.8 Å². The zero-order chi connectivity index (χ0) is 19.2. The summed E-state index contributed by atoms with van der Waals surface area (Å²) < 4.78 is 44.2. The monoisotopic (exact) mass is 402 g/mol. The van der Waals surface area contributed by atoms with Crippen molar-refractivity contribution in [3.63, 3.8) is 0 Å². The Labute approximate surface area is 157 Å². The quantitative estimate of drug-likeness (QED) is 0.609. The van der Waals surface area contributed by atoms with Crippen LogP contribution in [0.4, 0.5) is 0 Å². The van der Waals surface area contributed by atoms with Crippen molar-refractivity contribution in [1.29, 1.82) is 0 Å². The van der Waals surface area contributed by atoms with E-state index in [4.69, 9.17) is 19.0 Å². The molecule has 7 nitrogen and oxygen atoms in total. The van der Waals surface area contributed by atoms with Gasteiger partial charge in [0, 0.05) is 39.5 Å². The number of sulfonamides is 1. The molecule has 2 atom stereocenters. The molecule has 2 unspecified atom stereocenters. The van der Waals surface area contributed by atoms with E-state index in [9.17, 15) is 8.42 Å². The van der Waals surface area contributed by atoms with Gasteiger partial charge in [-0.05, 0) is 37.0 Å². The van der Waals surface area contributed by atoms with Gasteiger partial charge in [-0.15, -0.1) is 0 Å². The molecule has 0 heterocycles. The highest BCUT2D eigenvalue weighted by Crippen LogP contribution is 2.21. The molecule has 1 aliphatic rings. The molecule has 0 amide bonds. The standard InChI is InChI=1S/C17H30N2O5SSi/c1-22-26(23-2,24-3)13-12-14-8-10-15(11-9-14)25(20,21)19-17-7-5-4-6-16(17)18/h8-11,16-17,19H,4-7,12-13,18H2,1-3H3. The van der Waals surface area contributed by atoms with Crippen molar-refractivity contribution < 1.29 is 21.7 Å². The van der Waals surface area contributed by atoms with Crippen molar-refractivity contribution in [3.05, 3.63) is 29.8 Å². The van der Waals surface area contributed by atoms with Crippen LogP contribution in [-0.2, 0) is 29.7 Å². The van der Waals surface area contributed by atoms with Crippen LogP contribution < -0.4 is 10.5 Å². The third-order valence-electron chi connectivity index (χ3n) is 5.01.